The summed E-state index contributed by atoms with van der Waals surface area (Å²) in [5.41, 5.74) is 0. The van der Waals surface area contributed by atoms with Crippen molar-refractivity contribution in [1.29, 1.82) is 0 Å². The molecule has 1 atom stereocenters. The van der Waals surface area contributed by atoms with E-state index in [-0.39, 0.29) is 0 Å². The van der Waals surface area contributed by atoms with Gasteiger partial charge in [-0.2, -0.15) is 0 Å². The zero-order valence-electron chi connectivity index (χ0n) is 8.61. The van der Waals surface area contributed by atoms with Gasteiger partial charge in [-0.05, 0) is 11.4 Å². The SMILES string of the molecule is CC(CN1CCOCC1)c1cccs1. The number of hydrogen-bond acceptors (Lipinski definition) is 3. The van der Waals surface area contributed by atoms with Crippen molar-refractivity contribution in [1.82, 2.24) is 4.90 Å². The number of hydrogen-bond donors (Lipinski definition) is 0. The Balaban J connectivity index is 1.84. The fourth-order valence-electron chi connectivity index (χ4n) is 1.83. The van der Waals surface area contributed by atoms with Gasteiger partial charge in [0.1, 0.15) is 0 Å². The molecule has 78 valence electrons. The van der Waals surface area contributed by atoms with Gasteiger partial charge < -0.3 is 4.74 Å². The first-order chi connectivity index (χ1) is 6.86. The quantitative estimate of drug-likeness (QED) is 0.760. The molecule has 2 heterocycles. The minimum Gasteiger partial charge on any atom is -0.379 e. The monoisotopic (exact) mass is 211 g/mol. The van der Waals surface area contributed by atoms with Crippen LogP contribution in [-0.4, -0.2) is 37.7 Å². The van der Waals surface area contributed by atoms with Crippen LogP contribution in [0.25, 0.3) is 0 Å². The number of ether oxygens (including phenoxy) is 1. The van der Waals surface area contributed by atoms with E-state index in [1.165, 1.54) is 11.4 Å². The predicted molar refractivity (Wildman–Crippen MR) is 60.0 cm³/mol. The molecule has 0 amide bonds. The van der Waals surface area contributed by atoms with Crippen molar-refractivity contribution in [2.24, 2.45) is 0 Å². The summed E-state index contributed by atoms with van der Waals surface area (Å²) in [6.45, 7) is 7.46. The Morgan fingerprint density at radius 3 is 2.93 bits per heavy atom. The van der Waals surface area contributed by atoms with Gasteiger partial charge in [-0.25, -0.2) is 0 Å². The molecule has 3 heteroatoms. The van der Waals surface area contributed by atoms with Gasteiger partial charge in [0.15, 0.2) is 0 Å². The molecule has 0 radical (unpaired) electrons. The smallest absolute Gasteiger partial charge is 0.0594 e. The summed E-state index contributed by atoms with van der Waals surface area (Å²) in [6, 6.07) is 4.37. The zero-order valence-corrected chi connectivity index (χ0v) is 9.43. The third-order valence-electron chi connectivity index (χ3n) is 2.66. The van der Waals surface area contributed by atoms with Crippen molar-refractivity contribution >= 4 is 11.3 Å². The van der Waals surface area contributed by atoms with Gasteiger partial charge in [-0.15, -0.1) is 11.3 Å². The first-order valence-corrected chi connectivity index (χ1v) is 6.08. The van der Waals surface area contributed by atoms with E-state index in [9.17, 15) is 0 Å². The highest BCUT2D eigenvalue weighted by Crippen LogP contribution is 2.21. The lowest BCUT2D eigenvalue weighted by atomic mass is 10.1. The standard InChI is InChI=1S/C11H17NOS/c1-10(11-3-2-8-14-11)9-12-4-6-13-7-5-12/h2-3,8,10H,4-7,9H2,1H3. The molecule has 1 aliphatic rings. The maximum Gasteiger partial charge on any atom is 0.0594 e. The Kier molecular flexibility index (Phi) is 3.56. The van der Waals surface area contributed by atoms with Crippen LogP contribution < -0.4 is 0 Å². The molecule has 0 bridgehead atoms. The summed E-state index contributed by atoms with van der Waals surface area (Å²) in [7, 11) is 0. The third kappa shape index (κ3) is 2.56. The lowest BCUT2D eigenvalue weighted by Gasteiger charge is -2.28. The fourth-order valence-corrected chi connectivity index (χ4v) is 2.61. The molecule has 1 aromatic rings. The van der Waals surface area contributed by atoms with E-state index in [1.807, 2.05) is 11.3 Å². The summed E-state index contributed by atoms with van der Waals surface area (Å²) in [6.07, 6.45) is 0. The molecule has 1 saturated heterocycles. The summed E-state index contributed by atoms with van der Waals surface area (Å²) in [5, 5.41) is 2.16. The summed E-state index contributed by atoms with van der Waals surface area (Å²) in [4.78, 5) is 3.99. The van der Waals surface area contributed by atoms with Crippen LogP contribution in [0.15, 0.2) is 17.5 Å². The molecule has 1 aliphatic heterocycles. The molecular weight excluding hydrogens is 194 g/mol. The van der Waals surface area contributed by atoms with Crippen LogP contribution in [0.5, 0.6) is 0 Å². The average molecular weight is 211 g/mol. The Labute approximate surface area is 89.5 Å². The van der Waals surface area contributed by atoms with Crippen molar-refractivity contribution in [2.45, 2.75) is 12.8 Å². The second-order valence-corrected chi connectivity index (χ2v) is 4.81. The maximum absolute atomic E-state index is 5.33. The molecule has 2 rings (SSSR count). The van der Waals surface area contributed by atoms with Crippen LogP contribution in [0.2, 0.25) is 0 Å². The average Bonchev–Trinajstić information content (AvgIpc) is 2.72. The largest absolute Gasteiger partial charge is 0.379 e. The molecule has 1 aromatic heterocycles. The van der Waals surface area contributed by atoms with Crippen molar-refractivity contribution in [3.05, 3.63) is 22.4 Å². The van der Waals surface area contributed by atoms with Crippen molar-refractivity contribution < 1.29 is 4.74 Å². The molecule has 0 N–H and O–H groups in total. The molecule has 0 saturated carbocycles. The third-order valence-corrected chi connectivity index (χ3v) is 3.77. The highest BCUT2D eigenvalue weighted by molar-refractivity contribution is 7.10. The van der Waals surface area contributed by atoms with E-state index < -0.39 is 0 Å². The lowest BCUT2D eigenvalue weighted by Crippen LogP contribution is -2.38. The van der Waals surface area contributed by atoms with E-state index in [1.54, 1.807) is 0 Å². The second-order valence-electron chi connectivity index (χ2n) is 3.83. The van der Waals surface area contributed by atoms with Crippen molar-refractivity contribution in [3.8, 4) is 0 Å². The van der Waals surface area contributed by atoms with Crippen LogP contribution in [0.1, 0.15) is 17.7 Å². The molecule has 1 fully saturated rings. The van der Waals surface area contributed by atoms with Crippen LogP contribution >= 0.6 is 11.3 Å². The van der Waals surface area contributed by atoms with E-state index >= 15 is 0 Å². The second kappa shape index (κ2) is 4.91. The Morgan fingerprint density at radius 2 is 2.29 bits per heavy atom. The maximum atomic E-state index is 5.33. The topological polar surface area (TPSA) is 12.5 Å². The summed E-state index contributed by atoms with van der Waals surface area (Å²) in [5.74, 6) is 0.660. The summed E-state index contributed by atoms with van der Waals surface area (Å²) >= 11 is 1.86. The Morgan fingerprint density at radius 1 is 1.50 bits per heavy atom. The highest BCUT2D eigenvalue weighted by Gasteiger charge is 2.14. The van der Waals surface area contributed by atoms with Gasteiger partial charge in [-0.3, -0.25) is 4.90 Å². The first kappa shape index (κ1) is 10.1. The van der Waals surface area contributed by atoms with E-state index in [0.29, 0.717) is 5.92 Å². The number of rotatable bonds is 3. The Hall–Kier alpha value is -0.380. The van der Waals surface area contributed by atoms with Crippen molar-refractivity contribution in [2.75, 3.05) is 32.8 Å². The van der Waals surface area contributed by atoms with Gasteiger partial charge >= 0.3 is 0 Å². The normalized spacial score (nSPS) is 20.9. The number of morpholine rings is 1. The molecule has 1 unspecified atom stereocenters. The molecular formula is C11H17NOS. The molecule has 14 heavy (non-hydrogen) atoms. The molecule has 0 aliphatic carbocycles. The van der Waals surface area contributed by atoms with Gasteiger partial charge in [0, 0.05) is 30.4 Å². The lowest BCUT2D eigenvalue weighted by molar-refractivity contribution is 0.0359. The van der Waals surface area contributed by atoms with Crippen LogP contribution in [0.4, 0.5) is 0 Å². The highest BCUT2D eigenvalue weighted by atomic mass is 32.1. The number of nitrogens with zero attached hydrogens (tertiary/aromatic N) is 1. The van der Waals surface area contributed by atoms with Gasteiger partial charge in [0.25, 0.3) is 0 Å². The predicted octanol–water partition coefficient (Wildman–Crippen LogP) is 2.18. The molecule has 2 nitrogen and oxygen atoms in total. The molecule has 0 spiro atoms. The van der Waals surface area contributed by atoms with Crippen LogP contribution in [-0.2, 0) is 4.74 Å². The van der Waals surface area contributed by atoms with E-state index in [4.69, 9.17) is 4.74 Å². The fraction of sp³-hybridized carbons (Fsp3) is 0.636. The minimum absolute atomic E-state index is 0.660. The van der Waals surface area contributed by atoms with Gasteiger partial charge in [0.2, 0.25) is 0 Å². The zero-order chi connectivity index (χ0) is 9.80. The van der Waals surface area contributed by atoms with E-state index in [0.717, 1.165) is 26.3 Å². The van der Waals surface area contributed by atoms with Crippen LogP contribution in [0, 0.1) is 0 Å². The first-order valence-electron chi connectivity index (χ1n) is 5.20. The van der Waals surface area contributed by atoms with Gasteiger partial charge in [-0.1, -0.05) is 13.0 Å². The summed E-state index contributed by atoms with van der Waals surface area (Å²) < 4.78 is 5.33. The molecule has 0 aromatic carbocycles. The van der Waals surface area contributed by atoms with Crippen molar-refractivity contribution in [3.63, 3.8) is 0 Å². The number of thiophene rings is 1. The van der Waals surface area contributed by atoms with Crippen LogP contribution in [0.3, 0.4) is 0 Å². The minimum atomic E-state index is 0.660. The Bertz CT molecular complexity index is 254. The van der Waals surface area contributed by atoms with Gasteiger partial charge in [0.05, 0.1) is 13.2 Å². The van der Waals surface area contributed by atoms with E-state index in [2.05, 4.69) is 29.3 Å².